The summed E-state index contributed by atoms with van der Waals surface area (Å²) < 4.78 is 0. The lowest BCUT2D eigenvalue weighted by molar-refractivity contribution is 0.176. The molecule has 0 aromatic heterocycles. The van der Waals surface area contributed by atoms with Gasteiger partial charge in [0.15, 0.2) is 0 Å². The number of aliphatic hydroxyl groups excluding tert-OH is 1. The fraction of sp³-hybridized carbons (Fsp3) is 1.00. The molecule has 0 atom stereocenters. The van der Waals surface area contributed by atoms with E-state index in [-0.39, 0.29) is 0 Å². The van der Waals surface area contributed by atoms with E-state index in [0.29, 0.717) is 6.61 Å². The Morgan fingerprint density at radius 3 is 2.46 bits per heavy atom. The molecule has 0 saturated heterocycles. The first-order valence-corrected chi connectivity index (χ1v) is 5.70. The van der Waals surface area contributed by atoms with E-state index in [2.05, 4.69) is 11.8 Å². The third kappa shape index (κ3) is 4.10. The van der Waals surface area contributed by atoms with Gasteiger partial charge in [0.2, 0.25) is 0 Å². The molecule has 1 fully saturated rings. The maximum absolute atomic E-state index is 8.90. The molecule has 1 aliphatic carbocycles. The van der Waals surface area contributed by atoms with Crippen LogP contribution in [-0.4, -0.2) is 36.2 Å². The number of aliphatic hydroxyl groups is 1. The molecule has 0 aromatic rings. The van der Waals surface area contributed by atoms with E-state index < -0.39 is 0 Å². The van der Waals surface area contributed by atoms with Gasteiger partial charge in [0.05, 0.1) is 6.61 Å². The van der Waals surface area contributed by atoms with Crippen molar-refractivity contribution in [2.75, 3.05) is 26.2 Å². The normalized spacial score (nSPS) is 18.7. The van der Waals surface area contributed by atoms with E-state index in [4.69, 9.17) is 5.11 Å². The standard InChI is InChI=1S/C11H23NO/c1-2-7-12(8-9-13)10-11-5-3-4-6-11/h11,13H,2-10H2,1H3. The van der Waals surface area contributed by atoms with Crippen LogP contribution in [0, 0.1) is 5.92 Å². The molecule has 0 heterocycles. The van der Waals surface area contributed by atoms with Gasteiger partial charge in [-0.05, 0) is 31.7 Å². The Labute approximate surface area is 81.9 Å². The van der Waals surface area contributed by atoms with Gasteiger partial charge in [-0.25, -0.2) is 0 Å². The molecule has 2 heteroatoms. The van der Waals surface area contributed by atoms with Crippen molar-refractivity contribution >= 4 is 0 Å². The summed E-state index contributed by atoms with van der Waals surface area (Å²) in [5, 5.41) is 8.90. The average molecular weight is 185 g/mol. The first kappa shape index (κ1) is 11.0. The second kappa shape index (κ2) is 6.39. The van der Waals surface area contributed by atoms with Crippen LogP contribution in [0.1, 0.15) is 39.0 Å². The van der Waals surface area contributed by atoms with Gasteiger partial charge >= 0.3 is 0 Å². The summed E-state index contributed by atoms with van der Waals surface area (Å²) in [4.78, 5) is 2.41. The predicted molar refractivity (Wildman–Crippen MR) is 55.8 cm³/mol. The smallest absolute Gasteiger partial charge is 0.0558 e. The maximum atomic E-state index is 8.90. The van der Waals surface area contributed by atoms with Crippen molar-refractivity contribution < 1.29 is 5.11 Å². The van der Waals surface area contributed by atoms with Crippen LogP contribution in [-0.2, 0) is 0 Å². The summed E-state index contributed by atoms with van der Waals surface area (Å²) in [7, 11) is 0. The van der Waals surface area contributed by atoms with Gasteiger partial charge in [-0.2, -0.15) is 0 Å². The lowest BCUT2D eigenvalue weighted by atomic mass is 10.1. The Bertz CT molecular complexity index is 115. The van der Waals surface area contributed by atoms with Crippen LogP contribution in [0.3, 0.4) is 0 Å². The van der Waals surface area contributed by atoms with Gasteiger partial charge in [0.25, 0.3) is 0 Å². The van der Waals surface area contributed by atoms with E-state index in [1.54, 1.807) is 0 Å². The zero-order valence-electron chi connectivity index (χ0n) is 8.84. The fourth-order valence-electron chi connectivity index (χ4n) is 2.31. The van der Waals surface area contributed by atoms with E-state index in [9.17, 15) is 0 Å². The Balaban J connectivity index is 2.19. The molecule has 1 saturated carbocycles. The lowest BCUT2D eigenvalue weighted by Crippen LogP contribution is -2.32. The minimum atomic E-state index is 0.312. The highest BCUT2D eigenvalue weighted by molar-refractivity contribution is 4.71. The van der Waals surface area contributed by atoms with Crippen LogP contribution in [0.25, 0.3) is 0 Å². The molecule has 13 heavy (non-hydrogen) atoms. The van der Waals surface area contributed by atoms with Crippen LogP contribution >= 0.6 is 0 Å². The molecule has 0 radical (unpaired) electrons. The molecule has 0 amide bonds. The minimum absolute atomic E-state index is 0.312. The van der Waals surface area contributed by atoms with E-state index in [0.717, 1.165) is 19.0 Å². The van der Waals surface area contributed by atoms with Gasteiger partial charge in [0.1, 0.15) is 0 Å². The second-order valence-electron chi connectivity index (χ2n) is 4.17. The summed E-state index contributed by atoms with van der Waals surface area (Å²) >= 11 is 0. The Kier molecular flexibility index (Phi) is 5.40. The molecular formula is C11H23NO. The summed E-state index contributed by atoms with van der Waals surface area (Å²) in [6.45, 7) is 5.75. The maximum Gasteiger partial charge on any atom is 0.0558 e. The Morgan fingerprint density at radius 1 is 1.23 bits per heavy atom. The molecule has 1 N–H and O–H groups in total. The minimum Gasteiger partial charge on any atom is -0.395 e. The van der Waals surface area contributed by atoms with E-state index in [1.807, 2.05) is 0 Å². The van der Waals surface area contributed by atoms with Crippen LogP contribution in [0.5, 0.6) is 0 Å². The summed E-state index contributed by atoms with van der Waals surface area (Å²) in [5.41, 5.74) is 0. The SMILES string of the molecule is CCCN(CCO)CC1CCCC1. The Morgan fingerprint density at radius 2 is 1.92 bits per heavy atom. The number of hydrogen-bond donors (Lipinski definition) is 1. The van der Waals surface area contributed by atoms with Crippen LogP contribution in [0.15, 0.2) is 0 Å². The number of hydrogen-bond acceptors (Lipinski definition) is 2. The molecule has 0 unspecified atom stereocenters. The predicted octanol–water partition coefficient (Wildman–Crippen LogP) is 1.88. The van der Waals surface area contributed by atoms with E-state index in [1.165, 1.54) is 38.6 Å². The van der Waals surface area contributed by atoms with Crippen LogP contribution < -0.4 is 0 Å². The van der Waals surface area contributed by atoms with Crippen molar-refractivity contribution in [3.05, 3.63) is 0 Å². The fourth-order valence-corrected chi connectivity index (χ4v) is 2.31. The van der Waals surface area contributed by atoms with Crippen molar-refractivity contribution in [3.8, 4) is 0 Å². The van der Waals surface area contributed by atoms with Gasteiger partial charge in [-0.3, -0.25) is 0 Å². The molecule has 0 spiro atoms. The van der Waals surface area contributed by atoms with Gasteiger partial charge in [0, 0.05) is 13.1 Å². The van der Waals surface area contributed by atoms with Crippen molar-refractivity contribution in [1.82, 2.24) is 4.90 Å². The highest BCUT2D eigenvalue weighted by atomic mass is 16.3. The van der Waals surface area contributed by atoms with Crippen molar-refractivity contribution in [2.45, 2.75) is 39.0 Å². The third-order valence-corrected chi connectivity index (χ3v) is 2.95. The van der Waals surface area contributed by atoms with Crippen LogP contribution in [0.4, 0.5) is 0 Å². The number of rotatable bonds is 6. The largest absolute Gasteiger partial charge is 0.395 e. The molecule has 78 valence electrons. The average Bonchev–Trinajstić information content (AvgIpc) is 2.58. The molecule has 0 bridgehead atoms. The molecule has 0 aromatic carbocycles. The zero-order valence-corrected chi connectivity index (χ0v) is 8.84. The zero-order chi connectivity index (χ0) is 9.52. The summed E-state index contributed by atoms with van der Waals surface area (Å²) in [5.74, 6) is 0.915. The molecule has 1 aliphatic rings. The monoisotopic (exact) mass is 185 g/mol. The van der Waals surface area contributed by atoms with Gasteiger partial charge < -0.3 is 10.0 Å². The summed E-state index contributed by atoms with van der Waals surface area (Å²) in [6, 6.07) is 0. The van der Waals surface area contributed by atoms with Gasteiger partial charge in [-0.1, -0.05) is 19.8 Å². The quantitative estimate of drug-likeness (QED) is 0.683. The van der Waals surface area contributed by atoms with E-state index >= 15 is 0 Å². The first-order valence-electron chi connectivity index (χ1n) is 5.70. The van der Waals surface area contributed by atoms with Crippen molar-refractivity contribution in [2.24, 2.45) is 5.92 Å². The topological polar surface area (TPSA) is 23.5 Å². The highest BCUT2D eigenvalue weighted by Gasteiger charge is 2.17. The van der Waals surface area contributed by atoms with Crippen molar-refractivity contribution in [3.63, 3.8) is 0 Å². The third-order valence-electron chi connectivity index (χ3n) is 2.95. The van der Waals surface area contributed by atoms with Crippen molar-refractivity contribution in [1.29, 1.82) is 0 Å². The highest BCUT2D eigenvalue weighted by Crippen LogP contribution is 2.25. The molecule has 2 nitrogen and oxygen atoms in total. The lowest BCUT2D eigenvalue weighted by Gasteiger charge is -2.23. The molecular weight excluding hydrogens is 162 g/mol. The Hall–Kier alpha value is -0.0800. The number of nitrogens with zero attached hydrogens (tertiary/aromatic N) is 1. The van der Waals surface area contributed by atoms with Gasteiger partial charge in [-0.15, -0.1) is 0 Å². The van der Waals surface area contributed by atoms with Crippen LogP contribution in [0.2, 0.25) is 0 Å². The second-order valence-corrected chi connectivity index (χ2v) is 4.17. The molecule has 0 aliphatic heterocycles. The molecule has 1 rings (SSSR count). The first-order chi connectivity index (χ1) is 6.36. The summed E-state index contributed by atoms with van der Waals surface area (Å²) in [6.07, 6.45) is 6.86.